The minimum Gasteiger partial charge on any atom is -0.462 e. The van der Waals surface area contributed by atoms with Crippen LogP contribution in [0.3, 0.4) is 0 Å². The van der Waals surface area contributed by atoms with Crippen LogP contribution in [0.5, 0.6) is 0 Å². The summed E-state index contributed by atoms with van der Waals surface area (Å²) in [5.41, 5.74) is 0. The first kappa shape index (κ1) is 70.3. The van der Waals surface area contributed by atoms with Gasteiger partial charge < -0.3 is 14.2 Å². The van der Waals surface area contributed by atoms with Crippen LogP contribution in [0.1, 0.15) is 252 Å². The second-order valence-corrected chi connectivity index (χ2v) is 19.5. The van der Waals surface area contributed by atoms with Crippen LogP contribution in [-0.2, 0) is 28.6 Å². The molecule has 0 N–H and O–H groups in total. The van der Waals surface area contributed by atoms with Crippen molar-refractivity contribution in [3.05, 3.63) is 146 Å². The van der Waals surface area contributed by atoms with E-state index in [1.165, 1.54) is 89.9 Å². The largest absolute Gasteiger partial charge is 0.462 e. The molecule has 6 heteroatoms. The van der Waals surface area contributed by atoms with Gasteiger partial charge in [0, 0.05) is 19.3 Å². The van der Waals surface area contributed by atoms with E-state index in [-0.39, 0.29) is 37.5 Å². The van der Waals surface area contributed by atoms with E-state index in [9.17, 15) is 14.4 Å². The Kier molecular flexibility index (Phi) is 58.0. The zero-order valence-corrected chi connectivity index (χ0v) is 48.3. The fourth-order valence-corrected chi connectivity index (χ4v) is 7.84. The molecule has 1 atom stereocenters. The summed E-state index contributed by atoms with van der Waals surface area (Å²) in [7, 11) is 0. The van der Waals surface area contributed by atoms with Gasteiger partial charge in [0.1, 0.15) is 13.2 Å². The molecule has 0 fully saturated rings. The van der Waals surface area contributed by atoms with E-state index in [1.54, 1.807) is 0 Å². The van der Waals surface area contributed by atoms with Crippen molar-refractivity contribution in [3.8, 4) is 0 Å². The van der Waals surface area contributed by atoms with Crippen LogP contribution in [0.25, 0.3) is 0 Å². The summed E-state index contributed by atoms with van der Waals surface area (Å²) in [6, 6.07) is 0. The van der Waals surface area contributed by atoms with Gasteiger partial charge in [0.25, 0.3) is 0 Å². The van der Waals surface area contributed by atoms with E-state index >= 15 is 0 Å². The van der Waals surface area contributed by atoms with Crippen molar-refractivity contribution >= 4 is 17.9 Å². The Balaban J connectivity index is 4.49. The van der Waals surface area contributed by atoms with Crippen LogP contribution >= 0.6 is 0 Å². The van der Waals surface area contributed by atoms with E-state index in [0.29, 0.717) is 19.3 Å². The van der Waals surface area contributed by atoms with Gasteiger partial charge in [-0.25, -0.2) is 0 Å². The molecule has 6 nitrogen and oxygen atoms in total. The van der Waals surface area contributed by atoms with Crippen molar-refractivity contribution in [2.45, 2.75) is 258 Å². The number of hydrogen-bond donors (Lipinski definition) is 0. The van der Waals surface area contributed by atoms with Gasteiger partial charge in [-0.05, 0) is 128 Å². The van der Waals surface area contributed by atoms with Gasteiger partial charge in [-0.2, -0.15) is 0 Å². The lowest BCUT2D eigenvalue weighted by Gasteiger charge is -2.18. The highest BCUT2D eigenvalue weighted by molar-refractivity contribution is 5.71. The molecular formula is C69H110O6. The van der Waals surface area contributed by atoms with Crippen LogP contribution in [0.2, 0.25) is 0 Å². The third kappa shape index (κ3) is 60.0. The molecule has 0 bridgehead atoms. The Morgan fingerprint density at radius 1 is 0.280 bits per heavy atom. The highest BCUT2D eigenvalue weighted by Crippen LogP contribution is 2.14. The summed E-state index contributed by atoms with van der Waals surface area (Å²) in [4.78, 5) is 38.2. The summed E-state index contributed by atoms with van der Waals surface area (Å²) >= 11 is 0. The number of ether oxygens (including phenoxy) is 3. The van der Waals surface area contributed by atoms with Crippen LogP contribution < -0.4 is 0 Å². The number of esters is 3. The average Bonchev–Trinajstić information content (AvgIpc) is 3.41. The molecule has 0 saturated carbocycles. The van der Waals surface area contributed by atoms with Crippen molar-refractivity contribution in [2.24, 2.45) is 0 Å². The maximum atomic E-state index is 12.9. The maximum absolute atomic E-state index is 12.9. The van der Waals surface area contributed by atoms with Crippen molar-refractivity contribution in [1.82, 2.24) is 0 Å². The van der Waals surface area contributed by atoms with Gasteiger partial charge in [0.05, 0.1) is 0 Å². The van der Waals surface area contributed by atoms with Crippen LogP contribution in [-0.4, -0.2) is 37.2 Å². The number of unbranched alkanes of at least 4 members (excludes halogenated alkanes) is 18. The first-order chi connectivity index (χ1) is 37.0. The molecule has 75 heavy (non-hydrogen) atoms. The van der Waals surface area contributed by atoms with Crippen molar-refractivity contribution in [3.63, 3.8) is 0 Å². The lowest BCUT2D eigenvalue weighted by Crippen LogP contribution is -2.30. The molecule has 1 unspecified atom stereocenters. The van der Waals surface area contributed by atoms with Gasteiger partial charge >= 0.3 is 17.9 Å². The monoisotopic (exact) mass is 1030 g/mol. The molecule has 0 rings (SSSR count). The normalized spacial score (nSPS) is 13.2. The predicted molar refractivity (Wildman–Crippen MR) is 325 cm³/mol. The summed E-state index contributed by atoms with van der Waals surface area (Å²) in [5, 5.41) is 0. The minimum absolute atomic E-state index is 0.123. The highest BCUT2D eigenvalue weighted by Gasteiger charge is 2.19. The zero-order chi connectivity index (χ0) is 54.3. The van der Waals surface area contributed by atoms with E-state index in [4.69, 9.17) is 14.2 Å². The predicted octanol–water partition coefficient (Wildman–Crippen LogP) is 20.8. The molecular weight excluding hydrogens is 925 g/mol. The minimum atomic E-state index is -0.829. The van der Waals surface area contributed by atoms with Crippen molar-refractivity contribution < 1.29 is 28.6 Å². The molecule has 0 saturated heterocycles. The maximum Gasteiger partial charge on any atom is 0.306 e. The summed E-state index contributed by atoms with van der Waals surface area (Å²) in [5.74, 6) is -1.04. The highest BCUT2D eigenvalue weighted by atomic mass is 16.6. The molecule has 0 aliphatic rings. The smallest absolute Gasteiger partial charge is 0.306 e. The van der Waals surface area contributed by atoms with Gasteiger partial charge in [-0.3, -0.25) is 14.4 Å². The van der Waals surface area contributed by atoms with Crippen LogP contribution in [0.4, 0.5) is 0 Å². The quantitative estimate of drug-likeness (QED) is 0.0261. The van der Waals surface area contributed by atoms with Gasteiger partial charge in [-0.1, -0.05) is 250 Å². The van der Waals surface area contributed by atoms with Gasteiger partial charge in [-0.15, -0.1) is 0 Å². The Bertz CT molecular complexity index is 1660. The van der Waals surface area contributed by atoms with E-state index < -0.39 is 6.10 Å². The summed E-state index contributed by atoms with van der Waals surface area (Å²) in [6.07, 6.45) is 88.6. The van der Waals surface area contributed by atoms with Gasteiger partial charge in [0.15, 0.2) is 6.10 Å². The third-order valence-electron chi connectivity index (χ3n) is 12.3. The summed E-state index contributed by atoms with van der Waals surface area (Å²) in [6.45, 7) is 6.31. The Labute approximate surface area is 461 Å². The van der Waals surface area contributed by atoms with Crippen molar-refractivity contribution in [2.75, 3.05) is 13.2 Å². The molecule has 0 spiro atoms. The van der Waals surface area contributed by atoms with Crippen LogP contribution in [0, 0.1) is 0 Å². The first-order valence-electron chi connectivity index (χ1n) is 30.3. The SMILES string of the molecule is CC/C=C\C/C=C\C/C=C\C/C=C\C/C=C\C/C=C\C/C=C\CCCCCC(=O)OCC(COC(=O)CC/C=C\C/C=C\C/C=C\C/C=C\CC)OC(=O)CCCCCCCCCCC/C=C\CCCCCCCC. The molecule has 422 valence electrons. The molecule has 0 radical (unpaired) electrons. The molecule has 0 aliphatic carbocycles. The fourth-order valence-electron chi connectivity index (χ4n) is 7.84. The second kappa shape index (κ2) is 61.8. The molecule has 0 aromatic carbocycles. The average molecular weight is 1040 g/mol. The van der Waals surface area contributed by atoms with Crippen molar-refractivity contribution in [1.29, 1.82) is 0 Å². The zero-order valence-electron chi connectivity index (χ0n) is 48.3. The Hall–Kier alpha value is -4.71. The lowest BCUT2D eigenvalue weighted by atomic mass is 10.1. The number of allylic oxidation sites excluding steroid dienone is 24. The third-order valence-corrected chi connectivity index (χ3v) is 12.3. The molecule has 0 amide bonds. The molecule has 0 aromatic heterocycles. The summed E-state index contributed by atoms with van der Waals surface area (Å²) < 4.78 is 16.8. The van der Waals surface area contributed by atoms with Crippen LogP contribution in [0.15, 0.2) is 146 Å². The molecule has 0 aliphatic heterocycles. The Morgan fingerprint density at radius 2 is 0.547 bits per heavy atom. The van der Waals surface area contributed by atoms with E-state index in [2.05, 4.69) is 154 Å². The standard InChI is InChI=1S/C69H110O6/c1-4-7-10-13-16-19-22-25-27-29-31-32-33-34-35-36-38-39-41-44-47-50-53-56-59-62-68(71)74-65-66(64-73-67(70)61-58-55-52-49-46-43-24-21-18-15-12-9-6-3)75-69(72)63-60-57-54-51-48-45-42-40-37-30-28-26-23-20-17-14-11-8-5-2/h7,9-10,12,16,18-19,21,25-28,31-32,34-35,38-39,43-44,46-47,52,55,66H,4-6,8,11,13-15,17,20,22-24,29-30,33,36-37,40-42,45,48-51,53-54,56-65H2,1-3H3/b10-7-,12-9-,19-16-,21-18-,27-25-,28-26-,32-31-,35-34-,39-38-,46-43-,47-44-,55-52-. The molecule has 0 heterocycles. The van der Waals surface area contributed by atoms with E-state index in [1.807, 2.05) is 12.2 Å². The topological polar surface area (TPSA) is 78.9 Å². The molecule has 0 aromatic rings. The number of carbonyl (C=O) groups is 3. The second-order valence-electron chi connectivity index (χ2n) is 19.5. The first-order valence-corrected chi connectivity index (χ1v) is 30.3. The fraction of sp³-hybridized carbons (Fsp3) is 0.609. The number of hydrogen-bond acceptors (Lipinski definition) is 6. The van der Waals surface area contributed by atoms with E-state index in [0.717, 1.165) is 116 Å². The Morgan fingerprint density at radius 3 is 0.920 bits per heavy atom. The lowest BCUT2D eigenvalue weighted by molar-refractivity contribution is -0.166. The number of rotatable bonds is 53. The number of carbonyl (C=O) groups excluding carboxylic acids is 3. The van der Waals surface area contributed by atoms with Gasteiger partial charge in [0.2, 0.25) is 0 Å².